The van der Waals surface area contributed by atoms with E-state index in [0.29, 0.717) is 23.7 Å². The lowest BCUT2D eigenvalue weighted by molar-refractivity contribution is -0.117. The SMILES string of the molecule is O=C(Cc1ccc(F)cc1)N=C1S[C@H]2CS(=O)(=O)C[C@H]2N1CCc1ccc(F)cc1. The van der Waals surface area contributed by atoms with Gasteiger partial charge in [0.2, 0.25) is 0 Å². The van der Waals surface area contributed by atoms with Crippen LogP contribution in [0.4, 0.5) is 8.78 Å². The van der Waals surface area contributed by atoms with Crippen molar-refractivity contribution in [2.24, 2.45) is 4.99 Å². The Morgan fingerprint density at radius 3 is 2.23 bits per heavy atom. The number of fused-ring (bicyclic) bond motifs is 1. The van der Waals surface area contributed by atoms with Crippen molar-refractivity contribution in [2.45, 2.75) is 24.1 Å². The zero-order valence-corrected chi connectivity index (χ0v) is 17.6. The van der Waals surface area contributed by atoms with Gasteiger partial charge in [0, 0.05) is 11.8 Å². The van der Waals surface area contributed by atoms with Gasteiger partial charge in [-0.05, 0) is 41.8 Å². The van der Waals surface area contributed by atoms with Crippen molar-refractivity contribution in [1.82, 2.24) is 4.90 Å². The lowest BCUT2D eigenvalue weighted by Crippen LogP contribution is -2.39. The standard InChI is InChI=1S/C21H20F2N2O3S2/c22-16-5-1-14(2-6-16)9-10-25-18-12-30(27,28)13-19(18)29-21(25)24-20(26)11-15-3-7-17(23)8-4-15/h1-8,18-19H,9-13H2/t18-,19+/m1/s1. The van der Waals surface area contributed by atoms with Crippen molar-refractivity contribution in [3.63, 3.8) is 0 Å². The first-order valence-corrected chi connectivity index (χ1v) is 12.2. The van der Waals surface area contributed by atoms with Crippen LogP contribution in [0, 0.1) is 11.6 Å². The second-order valence-electron chi connectivity index (χ2n) is 7.46. The average molecular weight is 451 g/mol. The second-order valence-corrected chi connectivity index (χ2v) is 10.8. The minimum absolute atomic E-state index is 0.0409. The van der Waals surface area contributed by atoms with E-state index in [1.54, 1.807) is 24.3 Å². The van der Waals surface area contributed by atoms with Crippen LogP contribution < -0.4 is 0 Å². The molecule has 0 radical (unpaired) electrons. The first-order valence-electron chi connectivity index (χ1n) is 9.53. The van der Waals surface area contributed by atoms with Gasteiger partial charge in [0.15, 0.2) is 15.0 Å². The van der Waals surface area contributed by atoms with Crippen molar-refractivity contribution in [1.29, 1.82) is 0 Å². The molecule has 2 fully saturated rings. The van der Waals surface area contributed by atoms with E-state index in [0.717, 1.165) is 5.56 Å². The fourth-order valence-corrected chi connectivity index (χ4v) is 7.72. The van der Waals surface area contributed by atoms with E-state index >= 15 is 0 Å². The van der Waals surface area contributed by atoms with Gasteiger partial charge in [0.05, 0.1) is 24.0 Å². The van der Waals surface area contributed by atoms with Gasteiger partial charge in [-0.2, -0.15) is 4.99 Å². The quantitative estimate of drug-likeness (QED) is 0.701. The van der Waals surface area contributed by atoms with Gasteiger partial charge < -0.3 is 4.90 Å². The Morgan fingerprint density at radius 2 is 1.60 bits per heavy atom. The van der Waals surface area contributed by atoms with E-state index in [2.05, 4.69) is 4.99 Å². The summed E-state index contributed by atoms with van der Waals surface area (Å²) in [4.78, 5) is 18.6. The molecule has 2 aromatic rings. The maximum absolute atomic E-state index is 13.1. The Bertz CT molecular complexity index is 1070. The normalized spacial score (nSPS) is 23.7. The van der Waals surface area contributed by atoms with Crippen molar-refractivity contribution in [3.05, 3.63) is 71.3 Å². The number of sulfone groups is 1. The van der Waals surface area contributed by atoms with Gasteiger partial charge in [-0.25, -0.2) is 17.2 Å². The molecule has 2 saturated heterocycles. The maximum atomic E-state index is 13.1. The average Bonchev–Trinajstić information content (AvgIpc) is 3.14. The highest BCUT2D eigenvalue weighted by Gasteiger charge is 2.48. The van der Waals surface area contributed by atoms with Gasteiger partial charge in [0.25, 0.3) is 5.91 Å². The molecule has 0 aromatic heterocycles. The Labute approximate surface area is 178 Å². The Balaban J connectivity index is 1.50. The van der Waals surface area contributed by atoms with Crippen LogP contribution in [-0.4, -0.2) is 53.7 Å². The molecular formula is C21H20F2N2O3S2. The number of amides is 1. The monoisotopic (exact) mass is 450 g/mol. The molecule has 158 valence electrons. The number of hydrogen-bond donors (Lipinski definition) is 0. The molecule has 0 bridgehead atoms. The Kier molecular flexibility index (Phi) is 5.92. The molecule has 1 amide bonds. The maximum Gasteiger partial charge on any atom is 0.252 e. The van der Waals surface area contributed by atoms with Crippen LogP contribution in [0.15, 0.2) is 53.5 Å². The highest BCUT2D eigenvalue weighted by atomic mass is 32.2. The third kappa shape index (κ3) is 4.89. The molecular weight excluding hydrogens is 430 g/mol. The van der Waals surface area contributed by atoms with Crippen LogP contribution in [-0.2, 0) is 27.5 Å². The lowest BCUT2D eigenvalue weighted by Gasteiger charge is -2.24. The third-order valence-corrected chi connectivity index (χ3v) is 8.47. The topological polar surface area (TPSA) is 66.8 Å². The van der Waals surface area contributed by atoms with E-state index in [-0.39, 0.29) is 46.8 Å². The van der Waals surface area contributed by atoms with E-state index < -0.39 is 9.84 Å². The molecule has 2 atom stereocenters. The number of carbonyl (C=O) groups excluding carboxylic acids is 1. The number of amidine groups is 1. The first-order chi connectivity index (χ1) is 14.3. The molecule has 0 unspecified atom stereocenters. The summed E-state index contributed by atoms with van der Waals surface area (Å²) < 4.78 is 50.3. The molecule has 2 heterocycles. The summed E-state index contributed by atoms with van der Waals surface area (Å²) in [5.41, 5.74) is 1.58. The molecule has 0 aliphatic carbocycles. The summed E-state index contributed by atoms with van der Waals surface area (Å²) in [7, 11) is -3.12. The number of carbonyl (C=O) groups is 1. The molecule has 2 aliphatic rings. The van der Waals surface area contributed by atoms with E-state index in [9.17, 15) is 22.0 Å². The Morgan fingerprint density at radius 1 is 1.00 bits per heavy atom. The summed E-state index contributed by atoms with van der Waals surface area (Å²) in [5, 5.41) is 0.370. The molecule has 2 aromatic carbocycles. The van der Waals surface area contributed by atoms with E-state index in [1.165, 1.54) is 36.0 Å². The van der Waals surface area contributed by atoms with Crippen LogP contribution in [0.2, 0.25) is 0 Å². The van der Waals surface area contributed by atoms with Crippen LogP contribution in [0.3, 0.4) is 0 Å². The Hall–Kier alpha value is -2.26. The number of aliphatic imine (C=N–C) groups is 1. The summed E-state index contributed by atoms with van der Waals surface area (Å²) in [6.45, 7) is 0.484. The zero-order chi connectivity index (χ0) is 21.3. The molecule has 4 rings (SSSR count). The minimum atomic E-state index is -3.12. The smallest absolute Gasteiger partial charge is 0.252 e. The van der Waals surface area contributed by atoms with Gasteiger partial charge in [-0.1, -0.05) is 36.0 Å². The molecule has 0 saturated carbocycles. The number of benzene rings is 2. The van der Waals surface area contributed by atoms with Crippen LogP contribution in [0.1, 0.15) is 11.1 Å². The van der Waals surface area contributed by atoms with Gasteiger partial charge in [-0.15, -0.1) is 0 Å². The van der Waals surface area contributed by atoms with Crippen LogP contribution in [0.5, 0.6) is 0 Å². The molecule has 0 spiro atoms. The largest absolute Gasteiger partial charge is 0.346 e. The van der Waals surface area contributed by atoms with Gasteiger partial charge in [0.1, 0.15) is 11.6 Å². The summed E-state index contributed by atoms with van der Waals surface area (Å²) in [5.74, 6) is -0.936. The predicted molar refractivity (Wildman–Crippen MR) is 113 cm³/mol. The van der Waals surface area contributed by atoms with Crippen molar-refractivity contribution in [3.8, 4) is 0 Å². The number of rotatable bonds is 5. The molecule has 30 heavy (non-hydrogen) atoms. The molecule has 9 heteroatoms. The third-order valence-electron chi connectivity index (χ3n) is 5.22. The van der Waals surface area contributed by atoms with Gasteiger partial charge >= 0.3 is 0 Å². The number of halogens is 2. The number of thioether (sulfide) groups is 1. The predicted octanol–water partition coefficient (Wildman–Crippen LogP) is 2.85. The summed E-state index contributed by atoms with van der Waals surface area (Å²) >= 11 is 1.33. The number of hydrogen-bond acceptors (Lipinski definition) is 4. The fraction of sp³-hybridized carbons (Fsp3) is 0.333. The summed E-state index contributed by atoms with van der Waals surface area (Å²) in [6.07, 6.45) is 0.624. The second kappa shape index (κ2) is 8.47. The van der Waals surface area contributed by atoms with Crippen molar-refractivity contribution >= 4 is 32.7 Å². The lowest BCUT2D eigenvalue weighted by atomic mass is 10.1. The highest BCUT2D eigenvalue weighted by molar-refractivity contribution is 8.15. The summed E-state index contributed by atoms with van der Waals surface area (Å²) in [6, 6.07) is 11.6. The molecule has 5 nitrogen and oxygen atoms in total. The zero-order valence-electron chi connectivity index (χ0n) is 16.0. The highest BCUT2D eigenvalue weighted by Crippen LogP contribution is 2.38. The number of nitrogens with zero attached hydrogens (tertiary/aromatic N) is 2. The van der Waals surface area contributed by atoms with E-state index in [4.69, 9.17) is 0 Å². The fourth-order valence-electron chi connectivity index (χ4n) is 3.72. The van der Waals surface area contributed by atoms with Crippen molar-refractivity contribution < 1.29 is 22.0 Å². The van der Waals surface area contributed by atoms with Gasteiger partial charge in [-0.3, -0.25) is 4.79 Å². The van der Waals surface area contributed by atoms with Crippen molar-refractivity contribution in [2.75, 3.05) is 18.1 Å². The first kappa shape index (κ1) is 21.0. The van der Waals surface area contributed by atoms with E-state index in [1.807, 2.05) is 4.90 Å². The molecule has 0 N–H and O–H groups in total. The molecule has 2 aliphatic heterocycles. The van der Waals surface area contributed by atoms with Crippen LogP contribution >= 0.6 is 11.8 Å². The minimum Gasteiger partial charge on any atom is -0.346 e. The van der Waals surface area contributed by atoms with Crippen LogP contribution in [0.25, 0.3) is 0 Å².